The number of hydrogen-bond acceptors (Lipinski definition) is 0. The van der Waals surface area contributed by atoms with Crippen molar-refractivity contribution in [2.45, 2.75) is 6.92 Å². The van der Waals surface area contributed by atoms with Gasteiger partial charge in [-0.05, 0) is 30.2 Å². The Kier molecular flexibility index (Phi) is 2.30. The molecule has 11 heavy (non-hydrogen) atoms. The zero-order chi connectivity index (χ0) is 8.43. The standard InChI is InChI=1S/C9H8ClF/c1-6(2)8-4-3-7(11)5-9(8)10/h3-5H,1H2,2H3. The lowest BCUT2D eigenvalue weighted by Crippen LogP contribution is -1.81. The van der Waals surface area contributed by atoms with Crippen LogP contribution in [0.15, 0.2) is 24.8 Å². The lowest BCUT2D eigenvalue weighted by molar-refractivity contribution is 0.628. The van der Waals surface area contributed by atoms with Gasteiger partial charge in [-0.25, -0.2) is 4.39 Å². The maximum atomic E-state index is 12.5. The lowest BCUT2D eigenvalue weighted by Gasteiger charge is -2.01. The van der Waals surface area contributed by atoms with E-state index in [0.717, 1.165) is 11.1 Å². The fourth-order valence-corrected chi connectivity index (χ4v) is 1.16. The summed E-state index contributed by atoms with van der Waals surface area (Å²) < 4.78 is 12.5. The van der Waals surface area contributed by atoms with Crippen molar-refractivity contribution in [3.05, 3.63) is 41.2 Å². The van der Waals surface area contributed by atoms with Gasteiger partial charge in [0, 0.05) is 0 Å². The van der Waals surface area contributed by atoms with Gasteiger partial charge >= 0.3 is 0 Å². The zero-order valence-corrected chi connectivity index (χ0v) is 6.95. The Bertz CT molecular complexity index is 292. The number of rotatable bonds is 1. The quantitative estimate of drug-likeness (QED) is 0.605. The van der Waals surface area contributed by atoms with Crippen molar-refractivity contribution in [2.75, 3.05) is 0 Å². The topological polar surface area (TPSA) is 0 Å². The van der Waals surface area contributed by atoms with Crippen LogP contribution in [0.1, 0.15) is 12.5 Å². The van der Waals surface area contributed by atoms with Gasteiger partial charge in [0.2, 0.25) is 0 Å². The molecular formula is C9H8ClF. The number of halogens is 2. The van der Waals surface area contributed by atoms with Gasteiger partial charge in [0.15, 0.2) is 0 Å². The molecule has 0 heterocycles. The van der Waals surface area contributed by atoms with Crippen LogP contribution in [0.2, 0.25) is 5.02 Å². The second-order valence-electron chi connectivity index (χ2n) is 2.40. The third kappa shape index (κ3) is 1.81. The second kappa shape index (κ2) is 3.05. The highest BCUT2D eigenvalue weighted by Crippen LogP contribution is 2.22. The SMILES string of the molecule is C=C(C)c1ccc(F)cc1Cl. The average molecular weight is 171 g/mol. The van der Waals surface area contributed by atoms with E-state index in [0.29, 0.717) is 5.02 Å². The Morgan fingerprint density at radius 3 is 2.64 bits per heavy atom. The first-order valence-electron chi connectivity index (χ1n) is 3.22. The summed E-state index contributed by atoms with van der Waals surface area (Å²) in [6.45, 7) is 5.54. The summed E-state index contributed by atoms with van der Waals surface area (Å²) in [5.41, 5.74) is 1.64. The number of benzene rings is 1. The molecule has 0 radical (unpaired) electrons. The molecule has 2 heteroatoms. The molecule has 1 aromatic carbocycles. The van der Waals surface area contributed by atoms with Gasteiger partial charge in [-0.1, -0.05) is 24.2 Å². The second-order valence-corrected chi connectivity index (χ2v) is 2.81. The van der Waals surface area contributed by atoms with Crippen LogP contribution in [0.3, 0.4) is 0 Å². The summed E-state index contributed by atoms with van der Waals surface area (Å²) in [7, 11) is 0. The van der Waals surface area contributed by atoms with Crippen LogP contribution in [-0.2, 0) is 0 Å². The Labute approximate surface area is 70.3 Å². The predicted octanol–water partition coefficient (Wildman–Crippen LogP) is 3.51. The molecule has 0 aliphatic heterocycles. The van der Waals surface area contributed by atoms with Gasteiger partial charge in [0.1, 0.15) is 5.82 Å². The van der Waals surface area contributed by atoms with E-state index < -0.39 is 0 Å². The molecule has 0 aliphatic carbocycles. The molecule has 0 fully saturated rings. The van der Waals surface area contributed by atoms with E-state index in [-0.39, 0.29) is 5.82 Å². The smallest absolute Gasteiger partial charge is 0.124 e. The van der Waals surface area contributed by atoms with Gasteiger partial charge in [-0.2, -0.15) is 0 Å². The van der Waals surface area contributed by atoms with Crippen LogP contribution >= 0.6 is 11.6 Å². The molecule has 1 rings (SSSR count). The molecule has 0 spiro atoms. The summed E-state index contributed by atoms with van der Waals surface area (Å²) in [6.07, 6.45) is 0. The molecule has 1 aromatic rings. The van der Waals surface area contributed by atoms with Gasteiger partial charge in [-0.15, -0.1) is 0 Å². The Morgan fingerprint density at radius 1 is 1.55 bits per heavy atom. The van der Waals surface area contributed by atoms with Gasteiger partial charge < -0.3 is 0 Å². The minimum atomic E-state index is -0.319. The van der Waals surface area contributed by atoms with E-state index in [4.69, 9.17) is 11.6 Å². The molecule has 0 bridgehead atoms. The van der Waals surface area contributed by atoms with E-state index in [1.165, 1.54) is 12.1 Å². The van der Waals surface area contributed by atoms with Crippen LogP contribution in [0, 0.1) is 5.82 Å². The molecule has 0 aliphatic rings. The molecule has 0 aromatic heterocycles. The van der Waals surface area contributed by atoms with Crippen LogP contribution in [0.25, 0.3) is 5.57 Å². The number of hydrogen-bond donors (Lipinski definition) is 0. The maximum Gasteiger partial charge on any atom is 0.124 e. The minimum Gasteiger partial charge on any atom is -0.207 e. The van der Waals surface area contributed by atoms with E-state index in [1.54, 1.807) is 6.07 Å². The first kappa shape index (κ1) is 8.28. The van der Waals surface area contributed by atoms with Crippen molar-refractivity contribution < 1.29 is 4.39 Å². The monoisotopic (exact) mass is 170 g/mol. The third-order valence-corrected chi connectivity index (χ3v) is 1.70. The Hall–Kier alpha value is -0.820. The van der Waals surface area contributed by atoms with Crippen molar-refractivity contribution in [2.24, 2.45) is 0 Å². The first-order chi connectivity index (χ1) is 5.11. The molecule has 0 N–H and O–H groups in total. The Morgan fingerprint density at radius 2 is 2.18 bits per heavy atom. The van der Waals surface area contributed by atoms with Crippen molar-refractivity contribution in [3.8, 4) is 0 Å². The maximum absolute atomic E-state index is 12.5. The zero-order valence-electron chi connectivity index (χ0n) is 6.20. The third-order valence-electron chi connectivity index (χ3n) is 1.39. The molecular weight excluding hydrogens is 163 g/mol. The van der Waals surface area contributed by atoms with E-state index in [9.17, 15) is 4.39 Å². The van der Waals surface area contributed by atoms with Gasteiger partial charge in [0.25, 0.3) is 0 Å². The van der Waals surface area contributed by atoms with E-state index in [1.807, 2.05) is 6.92 Å². The highest BCUT2D eigenvalue weighted by molar-refractivity contribution is 6.32. The van der Waals surface area contributed by atoms with Crippen molar-refractivity contribution >= 4 is 17.2 Å². The molecule has 0 amide bonds. The molecule has 58 valence electrons. The summed E-state index contributed by atoms with van der Waals surface area (Å²) in [5, 5.41) is 0.414. The van der Waals surface area contributed by atoms with Crippen LogP contribution < -0.4 is 0 Å². The van der Waals surface area contributed by atoms with Crippen molar-refractivity contribution in [1.29, 1.82) is 0 Å². The summed E-state index contributed by atoms with van der Waals surface area (Å²) in [4.78, 5) is 0. The molecule has 0 nitrogen and oxygen atoms in total. The van der Waals surface area contributed by atoms with E-state index in [2.05, 4.69) is 6.58 Å². The Balaban J connectivity index is 3.20. The number of allylic oxidation sites excluding steroid dienone is 1. The van der Waals surface area contributed by atoms with Crippen molar-refractivity contribution in [1.82, 2.24) is 0 Å². The highest BCUT2D eigenvalue weighted by atomic mass is 35.5. The summed E-state index contributed by atoms with van der Waals surface area (Å²) in [6, 6.07) is 4.28. The van der Waals surface area contributed by atoms with Gasteiger partial charge in [-0.3, -0.25) is 0 Å². The van der Waals surface area contributed by atoms with E-state index >= 15 is 0 Å². The largest absolute Gasteiger partial charge is 0.207 e. The average Bonchev–Trinajstić information content (AvgIpc) is 1.85. The molecule has 0 atom stereocenters. The molecule has 0 unspecified atom stereocenters. The molecule has 0 saturated heterocycles. The fourth-order valence-electron chi connectivity index (χ4n) is 0.836. The highest BCUT2D eigenvalue weighted by Gasteiger charge is 2.00. The molecule has 0 saturated carbocycles. The van der Waals surface area contributed by atoms with Crippen LogP contribution in [-0.4, -0.2) is 0 Å². The van der Waals surface area contributed by atoms with Gasteiger partial charge in [0.05, 0.1) is 5.02 Å². The summed E-state index contributed by atoms with van der Waals surface area (Å²) in [5.74, 6) is -0.319. The van der Waals surface area contributed by atoms with Crippen LogP contribution in [0.4, 0.5) is 4.39 Å². The minimum absolute atomic E-state index is 0.319. The van der Waals surface area contributed by atoms with Crippen LogP contribution in [0.5, 0.6) is 0 Å². The predicted molar refractivity (Wildman–Crippen MR) is 46.1 cm³/mol. The fraction of sp³-hybridized carbons (Fsp3) is 0.111. The van der Waals surface area contributed by atoms with Crippen molar-refractivity contribution in [3.63, 3.8) is 0 Å². The summed E-state index contributed by atoms with van der Waals surface area (Å²) >= 11 is 5.72. The normalized spacial score (nSPS) is 9.73. The lowest BCUT2D eigenvalue weighted by atomic mass is 10.1. The first-order valence-corrected chi connectivity index (χ1v) is 3.60.